The van der Waals surface area contributed by atoms with Crippen molar-refractivity contribution in [3.8, 4) is 0 Å². The molecule has 1 aromatic rings. The Kier molecular flexibility index (Phi) is 7.08. The molecule has 0 aromatic heterocycles. The van der Waals surface area contributed by atoms with E-state index >= 15 is 0 Å². The highest BCUT2D eigenvalue weighted by Crippen LogP contribution is 2.10. The van der Waals surface area contributed by atoms with Crippen molar-refractivity contribution in [3.63, 3.8) is 0 Å². The van der Waals surface area contributed by atoms with Crippen LogP contribution in [0.3, 0.4) is 0 Å². The standard InChI is InChI=1S/C16H23N3O3/c1-4-9-17-16(22)11(2)18-15(21)10-13-5-7-14(8-6-13)19-12(3)20/h5-8,11H,4,9-10H2,1-3H3,(H,17,22)(H,18,21)(H,19,20)/t11-/m1/s1. The second kappa shape index (κ2) is 8.81. The lowest BCUT2D eigenvalue weighted by molar-refractivity contribution is -0.128. The molecule has 0 bridgehead atoms. The van der Waals surface area contributed by atoms with Gasteiger partial charge < -0.3 is 16.0 Å². The lowest BCUT2D eigenvalue weighted by Gasteiger charge is -2.14. The van der Waals surface area contributed by atoms with E-state index in [0.29, 0.717) is 12.2 Å². The van der Waals surface area contributed by atoms with Gasteiger partial charge in [0.15, 0.2) is 0 Å². The van der Waals surface area contributed by atoms with Crippen molar-refractivity contribution in [2.75, 3.05) is 11.9 Å². The Hall–Kier alpha value is -2.37. The Morgan fingerprint density at radius 3 is 2.32 bits per heavy atom. The zero-order valence-corrected chi connectivity index (χ0v) is 13.2. The maximum Gasteiger partial charge on any atom is 0.242 e. The molecule has 0 heterocycles. The lowest BCUT2D eigenvalue weighted by atomic mass is 10.1. The molecule has 0 saturated carbocycles. The first-order valence-corrected chi connectivity index (χ1v) is 7.36. The number of hydrogen-bond acceptors (Lipinski definition) is 3. The van der Waals surface area contributed by atoms with Gasteiger partial charge in [-0.25, -0.2) is 0 Å². The van der Waals surface area contributed by atoms with Gasteiger partial charge in [-0.2, -0.15) is 0 Å². The molecule has 0 fully saturated rings. The maximum atomic E-state index is 11.9. The number of nitrogens with one attached hydrogen (secondary N) is 3. The van der Waals surface area contributed by atoms with Gasteiger partial charge in [-0.15, -0.1) is 0 Å². The van der Waals surface area contributed by atoms with Crippen LogP contribution in [0.4, 0.5) is 5.69 Å². The van der Waals surface area contributed by atoms with Crippen LogP contribution in [0, 0.1) is 0 Å². The topological polar surface area (TPSA) is 87.3 Å². The van der Waals surface area contributed by atoms with Gasteiger partial charge in [0, 0.05) is 19.2 Å². The number of hydrogen-bond donors (Lipinski definition) is 3. The van der Waals surface area contributed by atoms with Crippen LogP contribution in [0.1, 0.15) is 32.8 Å². The zero-order chi connectivity index (χ0) is 16.5. The van der Waals surface area contributed by atoms with E-state index in [-0.39, 0.29) is 24.1 Å². The number of amides is 3. The predicted octanol–water partition coefficient (Wildman–Crippen LogP) is 1.22. The minimum atomic E-state index is -0.558. The molecule has 0 aliphatic rings. The second-order valence-electron chi connectivity index (χ2n) is 5.14. The number of anilines is 1. The highest BCUT2D eigenvalue weighted by molar-refractivity contribution is 5.89. The summed E-state index contributed by atoms with van der Waals surface area (Å²) in [7, 11) is 0. The van der Waals surface area contributed by atoms with Crippen LogP contribution in [-0.4, -0.2) is 30.3 Å². The molecule has 1 atom stereocenters. The summed E-state index contributed by atoms with van der Waals surface area (Å²) in [5.41, 5.74) is 1.50. The maximum absolute atomic E-state index is 11.9. The number of carbonyl (C=O) groups excluding carboxylic acids is 3. The van der Waals surface area contributed by atoms with E-state index in [9.17, 15) is 14.4 Å². The Morgan fingerprint density at radius 1 is 1.14 bits per heavy atom. The van der Waals surface area contributed by atoms with Gasteiger partial charge in [-0.3, -0.25) is 14.4 Å². The van der Waals surface area contributed by atoms with Crippen LogP contribution in [0.2, 0.25) is 0 Å². The highest BCUT2D eigenvalue weighted by Gasteiger charge is 2.14. The molecule has 6 heteroatoms. The van der Waals surface area contributed by atoms with Crippen molar-refractivity contribution in [2.45, 2.75) is 39.7 Å². The summed E-state index contributed by atoms with van der Waals surface area (Å²) in [6.07, 6.45) is 1.04. The Morgan fingerprint density at radius 2 is 1.77 bits per heavy atom. The fourth-order valence-electron chi connectivity index (χ4n) is 1.85. The van der Waals surface area contributed by atoms with Crippen molar-refractivity contribution in [1.82, 2.24) is 10.6 Å². The summed E-state index contributed by atoms with van der Waals surface area (Å²) in [5, 5.41) is 8.06. The summed E-state index contributed by atoms with van der Waals surface area (Å²) in [5.74, 6) is -0.542. The van der Waals surface area contributed by atoms with Crippen LogP contribution < -0.4 is 16.0 Å². The van der Waals surface area contributed by atoms with E-state index in [1.165, 1.54) is 6.92 Å². The van der Waals surface area contributed by atoms with E-state index in [2.05, 4.69) is 16.0 Å². The summed E-state index contributed by atoms with van der Waals surface area (Å²) in [6, 6.07) is 6.46. The van der Waals surface area contributed by atoms with Gasteiger partial charge in [0.05, 0.1) is 6.42 Å². The third-order valence-electron chi connectivity index (χ3n) is 2.96. The fraction of sp³-hybridized carbons (Fsp3) is 0.438. The van der Waals surface area contributed by atoms with Crippen LogP contribution in [-0.2, 0) is 20.8 Å². The third kappa shape index (κ3) is 6.39. The van der Waals surface area contributed by atoms with E-state index in [0.717, 1.165) is 12.0 Å². The molecule has 0 radical (unpaired) electrons. The molecule has 6 nitrogen and oxygen atoms in total. The van der Waals surface area contributed by atoms with Crippen molar-refractivity contribution >= 4 is 23.4 Å². The molecule has 0 unspecified atom stereocenters. The van der Waals surface area contributed by atoms with Gasteiger partial charge in [-0.1, -0.05) is 19.1 Å². The molecule has 0 saturated heterocycles. The molecule has 120 valence electrons. The average molecular weight is 305 g/mol. The molecule has 0 aliphatic carbocycles. The summed E-state index contributed by atoms with van der Waals surface area (Å²) in [6.45, 7) is 5.66. The normalized spacial score (nSPS) is 11.4. The monoisotopic (exact) mass is 305 g/mol. The fourth-order valence-corrected chi connectivity index (χ4v) is 1.85. The number of benzene rings is 1. The molecular weight excluding hydrogens is 282 g/mol. The molecule has 1 aromatic carbocycles. The highest BCUT2D eigenvalue weighted by atomic mass is 16.2. The third-order valence-corrected chi connectivity index (χ3v) is 2.96. The van der Waals surface area contributed by atoms with Crippen molar-refractivity contribution in [3.05, 3.63) is 29.8 Å². The van der Waals surface area contributed by atoms with Crippen LogP contribution in [0.15, 0.2) is 24.3 Å². The minimum absolute atomic E-state index is 0.141. The van der Waals surface area contributed by atoms with E-state index in [4.69, 9.17) is 0 Å². The van der Waals surface area contributed by atoms with Crippen LogP contribution in [0.5, 0.6) is 0 Å². The van der Waals surface area contributed by atoms with Gasteiger partial charge >= 0.3 is 0 Å². The van der Waals surface area contributed by atoms with Crippen molar-refractivity contribution in [1.29, 1.82) is 0 Å². The van der Waals surface area contributed by atoms with E-state index in [1.807, 2.05) is 6.92 Å². The predicted molar refractivity (Wildman–Crippen MR) is 85.4 cm³/mol. The SMILES string of the molecule is CCCNC(=O)[C@@H](C)NC(=O)Cc1ccc(NC(C)=O)cc1. The quantitative estimate of drug-likeness (QED) is 0.708. The van der Waals surface area contributed by atoms with E-state index < -0.39 is 6.04 Å². The van der Waals surface area contributed by atoms with Crippen molar-refractivity contribution < 1.29 is 14.4 Å². The summed E-state index contributed by atoms with van der Waals surface area (Å²) < 4.78 is 0. The smallest absolute Gasteiger partial charge is 0.242 e. The summed E-state index contributed by atoms with van der Waals surface area (Å²) >= 11 is 0. The Balaban J connectivity index is 2.47. The molecule has 3 amide bonds. The van der Waals surface area contributed by atoms with Crippen LogP contribution >= 0.6 is 0 Å². The average Bonchev–Trinajstić information content (AvgIpc) is 2.46. The summed E-state index contributed by atoms with van der Waals surface area (Å²) in [4.78, 5) is 34.5. The largest absolute Gasteiger partial charge is 0.354 e. The molecule has 1 rings (SSSR count). The van der Waals surface area contributed by atoms with Gasteiger partial charge in [-0.05, 0) is 31.0 Å². The van der Waals surface area contributed by atoms with Gasteiger partial charge in [0.2, 0.25) is 17.7 Å². The molecule has 3 N–H and O–H groups in total. The van der Waals surface area contributed by atoms with Gasteiger partial charge in [0.25, 0.3) is 0 Å². The van der Waals surface area contributed by atoms with E-state index in [1.54, 1.807) is 31.2 Å². The number of carbonyl (C=O) groups is 3. The minimum Gasteiger partial charge on any atom is -0.354 e. The van der Waals surface area contributed by atoms with Crippen LogP contribution in [0.25, 0.3) is 0 Å². The lowest BCUT2D eigenvalue weighted by Crippen LogP contribution is -2.45. The number of rotatable bonds is 7. The first kappa shape index (κ1) is 17.7. The zero-order valence-electron chi connectivity index (χ0n) is 13.2. The Labute approximate surface area is 130 Å². The molecule has 0 spiro atoms. The van der Waals surface area contributed by atoms with Crippen molar-refractivity contribution in [2.24, 2.45) is 0 Å². The first-order valence-electron chi connectivity index (χ1n) is 7.36. The molecule has 0 aliphatic heterocycles. The first-order chi connectivity index (χ1) is 10.4. The Bertz CT molecular complexity index is 526. The second-order valence-corrected chi connectivity index (χ2v) is 5.14. The van der Waals surface area contributed by atoms with Gasteiger partial charge in [0.1, 0.15) is 6.04 Å². The molecule has 22 heavy (non-hydrogen) atoms. The molecular formula is C16H23N3O3.